The summed E-state index contributed by atoms with van der Waals surface area (Å²) in [6.07, 6.45) is 1.74. The lowest BCUT2D eigenvalue weighted by Gasteiger charge is -2.07. The Labute approximate surface area is 165 Å². The van der Waals surface area contributed by atoms with Crippen LogP contribution in [0.1, 0.15) is 5.56 Å². The highest BCUT2D eigenvalue weighted by Crippen LogP contribution is 2.34. The summed E-state index contributed by atoms with van der Waals surface area (Å²) < 4.78 is 5.03. The van der Waals surface area contributed by atoms with Crippen molar-refractivity contribution in [3.8, 4) is 5.75 Å². The fraction of sp³-hybridized carbons (Fsp3) is 0.105. The number of halogens is 1. The predicted octanol–water partition coefficient (Wildman–Crippen LogP) is 2.70. The zero-order chi connectivity index (χ0) is 19.4. The Morgan fingerprint density at radius 2 is 1.96 bits per heavy atom. The van der Waals surface area contributed by atoms with Gasteiger partial charge in [-0.2, -0.15) is 0 Å². The summed E-state index contributed by atoms with van der Waals surface area (Å²) in [6.45, 7) is -0.512. The largest absolute Gasteiger partial charge is 0.546 e. The lowest BCUT2D eigenvalue weighted by molar-refractivity contribution is -0.307. The van der Waals surface area contributed by atoms with Crippen LogP contribution in [0.5, 0.6) is 5.75 Å². The van der Waals surface area contributed by atoms with E-state index in [9.17, 15) is 14.7 Å². The van der Waals surface area contributed by atoms with Crippen LogP contribution < -0.4 is 9.84 Å². The van der Waals surface area contributed by atoms with Crippen molar-refractivity contribution in [2.45, 2.75) is 0 Å². The first kappa shape index (κ1) is 19.0. The van der Waals surface area contributed by atoms with Crippen molar-refractivity contribution >= 4 is 52.2 Å². The number of hydrogen-bond donors (Lipinski definition) is 0. The fourth-order valence-electron chi connectivity index (χ4n) is 2.25. The van der Waals surface area contributed by atoms with Crippen molar-refractivity contribution in [1.29, 1.82) is 0 Å². The molecule has 8 heteroatoms. The second-order valence-electron chi connectivity index (χ2n) is 5.55. The number of amidine groups is 1. The molecule has 1 aliphatic heterocycles. The van der Waals surface area contributed by atoms with E-state index in [4.69, 9.17) is 16.3 Å². The lowest BCUT2D eigenvalue weighted by Crippen LogP contribution is -2.28. The number of carboxylic acid groups (broad SMARTS) is 1. The van der Waals surface area contributed by atoms with E-state index in [1.165, 1.54) is 16.7 Å². The highest BCUT2D eigenvalue weighted by atomic mass is 35.5. The molecule has 6 nitrogen and oxygen atoms in total. The molecule has 138 valence electrons. The molecule has 0 radical (unpaired) electrons. The standard InChI is InChI=1S/C19H15ClN2O4S/c1-22-18(25)16(27-19(22)21-15-5-3-2-4-14(15)20)10-12-6-8-13(9-7-12)26-11-17(23)24/h2-10H,11H2,1H3,(H,23,24)/p-1/b16-10-,21-19?. The Morgan fingerprint density at radius 1 is 1.26 bits per heavy atom. The maximum absolute atomic E-state index is 12.5. The van der Waals surface area contributed by atoms with E-state index in [-0.39, 0.29) is 5.91 Å². The van der Waals surface area contributed by atoms with E-state index in [1.807, 2.05) is 12.1 Å². The SMILES string of the molecule is CN1C(=O)/C(=C/c2ccc(OCC(=O)[O-])cc2)SC1=Nc1ccccc1Cl. The van der Waals surface area contributed by atoms with Crippen LogP contribution in [-0.4, -0.2) is 35.6 Å². The van der Waals surface area contributed by atoms with E-state index in [0.717, 1.165) is 5.56 Å². The summed E-state index contributed by atoms with van der Waals surface area (Å²) in [5, 5.41) is 11.5. The topological polar surface area (TPSA) is 82.0 Å². The molecule has 1 aliphatic rings. The van der Waals surface area contributed by atoms with Gasteiger partial charge in [0.15, 0.2) is 5.17 Å². The van der Waals surface area contributed by atoms with Gasteiger partial charge in [-0.05, 0) is 47.7 Å². The van der Waals surface area contributed by atoms with Gasteiger partial charge in [0, 0.05) is 7.05 Å². The van der Waals surface area contributed by atoms with E-state index in [0.29, 0.717) is 26.5 Å². The number of amides is 1. The third-order valence-corrected chi connectivity index (χ3v) is 4.99. The van der Waals surface area contributed by atoms with Crippen LogP contribution >= 0.6 is 23.4 Å². The van der Waals surface area contributed by atoms with Crippen LogP contribution in [0.15, 0.2) is 58.4 Å². The monoisotopic (exact) mass is 401 g/mol. The van der Waals surface area contributed by atoms with E-state index in [2.05, 4.69) is 4.99 Å². The number of rotatable bonds is 5. The first-order chi connectivity index (χ1) is 12.9. The number of aliphatic carboxylic acids is 1. The molecule has 0 atom stereocenters. The minimum Gasteiger partial charge on any atom is -0.546 e. The highest BCUT2D eigenvalue weighted by molar-refractivity contribution is 8.18. The molecular weight excluding hydrogens is 388 g/mol. The number of hydrogen-bond acceptors (Lipinski definition) is 6. The summed E-state index contributed by atoms with van der Waals surface area (Å²) in [5.74, 6) is -1.05. The Balaban J connectivity index is 1.78. The smallest absolute Gasteiger partial charge is 0.266 e. The molecule has 0 unspecified atom stereocenters. The van der Waals surface area contributed by atoms with Gasteiger partial charge in [-0.25, -0.2) is 4.99 Å². The number of benzene rings is 2. The van der Waals surface area contributed by atoms with Crippen molar-refractivity contribution < 1.29 is 19.4 Å². The van der Waals surface area contributed by atoms with Crippen molar-refractivity contribution in [2.24, 2.45) is 4.99 Å². The zero-order valence-corrected chi connectivity index (χ0v) is 15.8. The Bertz CT molecular complexity index is 941. The lowest BCUT2D eigenvalue weighted by atomic mass is 10.2. The van der Waals surface area contributed by atoms with Crippen molar-refractivity contribution in [1.82, 2.24) is 4.90 Å². The Morgan fingerprint density at radius 3 is 2.63 bits per heavy atom. The maximum atomic E-state index is 12.5. The molecule has 0 aliphatic carbocycles. The van der Waals surface area contributed by atoms with Gasteiger partial charge in [0.2, 0.25) is 0 Å². The molecule has 2 aromatic rings. The van der Waals surface area contributed by atoms with Gasteiger partial charge in [-0.1, -0.05) is 35.9 Å². The van der Waals surface area contributed by atoms with Gasteiger partial charge >= 0.3 is 0 Å². The minimum atomic E-state index is -1.29. The molecule has 0 bridgehead atoms. The van der Waals surface area contributed by atoms with Gasteiger partial charge in [0.1, 0.15) is 12.4 Å². The first-order valence-corrected chi connectivity index (χ1v) is 9.07. The molecule has 0 saturated carbocycles. The Hall–Kier alpha value is -2.77. The Kier molecular flexibility index (Phi) is 5.83. The number of carbonyl (C=O) groups is 2. The second kappa shape index (κ2) is 8.28. The van der Waals surface area contributed by atoms with E-state index in [1.54, 1.807) is 49.5 Å². The molecule has 1 saturated heterocycles. The predicted molar refractivity (Wildman–Crippen MR) is 104 cm³/mol. The third-order valence-electron chi connectivity index (χ3n) is 3.61. The molecular formula is C19H14ClN2O4S-. The highest BCUT2D eigenvalue weighted by Gasteiger charge is 2.30. The fourth-order valence-corrected chi connectivity index (χ4v) is 3.41. The number of carboxylic acids is 1. The van der Waals surface area contributed by atoms with Crippen molar-refractivity contribution in [2.75, 3.05) is 13.7 Å². The molecule has 1 amide bonds. The molecule has 3 rings (SSSR count). The van der Waals surface area contributed by atoms with E-state index < -0.39 is 12.6 Å². The number of para-hydroxylation sites is 1. The summed E-state index contributed by atoms with van der Waals surface area (Å²) in [7, 11) is 1.66. The number of ether oxygens (including phenoxy) is 1. The van der Waals surface area contributed by atoms with Crippen LogP contribution in [0, 0.1) is 0 Å². The minimum absolute atomic E-state index is 0.164. The molecule has 1 heterocycles. The van der Waals surface area contributed by atoms with E-state index >= 15 is 0 Å². The molecule has 27 heavy (non-hydrogen) atoms. The quantitative estimate of drug-likeness (QED) is 0.719. The van der Waals surface area contributed by atoms with Crippen LogP contribution in [-0.2, 0) is 9.59 Å². The average molecular weight is 402 g/mol. The summed E-state index contributed by atoms with van der Waals surface area (Å²) in [4.78, 5) is 29.3. The van der Waals surface area contributed by atoms with Crippen molar-refractivity contribution in [3.63, 3.8) is 0 Å². The maximum Gasteiger partial charge on any atom is 0.266 e. The number of nitrogens with zero attached hydrogens (tertiary/aromatic N) is 2. The summed E-state index contributed by atoms with van der Waals surface area (Å²) in [5.41, 5.74) is 1.37. The van der Waals surface area contributed by atoms with Gasteiger partial charge in [-0.3, -0.25) is 9.69 Å². The number of thioether (sulfide) groups is 1. The zero-order valence-electron chi connectivity index (χ0n) is 14.2. The molecule has 0 aromatic heterocycles. The van der Waals surface area contributed by atoms with Gasteiger partial charge < -0.3 is 14.6 Å². The summed E-state index contributed by atoms with van der Waals surface area (Å²) >= 11 is 7.38. The van der Waals surface area contributed by atoms with Crippen LogP contribution in [0.4, 0.5) is 5.69 Å². The van der Waals surface area contributed by atoms with Crippen molar-refractivity contribution in [3.05, 3.63) is 64.0 Å². The van der Waals surface area contributed by atoms with Gasteiger partial charge in [-0.15, -0.1) is 0 Å². The molecule has 2 aromatic carbocycles. The molecule has 1 fully saturated rings. The van der Waals surface area contributed by atoms with Crippen LogP contribution in [0.3, 0.4) is 0 Å². The average Bonchev–Trinajstić information content (AvgIpc) is 2.91. The number of carbonyl (C=O) groups excluding carboxylic acids is 2. The second-order valence-corrected chi connectivity index (χ2v) is 6.97. The summed E-state index contributed by atoms with van der Waals surface area (Å²) in [6, 6.07) is 13.9. The normalized spacial score (nSPS) is 17.0. The first-order valence-electron chi connectivity index (χ1n) is 7.87. The molecule has 0 spiro atoms. The number of aliphatic imine (C=N–C) groups is 1. The van der Waals surface area contributed by atoms with Crippen LogP contribution in [0.2, 0.25) is 5.02 Å². The number of likely N-dealkylation sites (N-methyl/N-ethyl adjacent to an activating group) is 1. The van der Waals surface area contributed by atoms with Gasteiger partial charge in [0.25, 0.3) is 5.91 Å². The third kappa shape index (κ3) is 4.69. The molecule has 0 N–H and O–H groups in total. The van der Waals surface area contributed by atoms with Gasteiger partial charge in [0.05, 0.1) is 21.6 Å². The van der Waals surface area contributed by atoms with Crippen LogP contribution in [0.25, 0.3) is 6.08 Å².